The van der Waals surface area contributed by atoms with Crippen LogP contribution in [0.3, 0.4) is 0 Å². The van der Waals surface area contributed by atoms with Crippen LogP contribution >= 0.6 is 0 Å². The number of hydrogen-bond acceptors (Lipinski definition) is 3. The van der Waals surface area contributed by atoms with E-state index in [-0.39, 0.29) is 0 Å². The quantitative estimate of drug-likeness (QED) is 0.840. The summed E-state index contributed by atoms with van der Waals surface area (Å²) < 4.78 is 1.97. The van der Waals surface area contributed by atoms with Gasteiger partial charge in [0, 0.05) is 31.6 Å². The second-order valence-electron chi connectivity index (χ2n) is 7.39. The van der Waals surface area contributed by atoms with Crippen molar-refractivity contribution in [1.29, 1.82) is 0 Å². The number of likely N-dealkylation sites (tertiary alicyclic amines) is 1. The summed E-state index contributed by atoms with van der Waals surface area (Å²) in [6.45, 7) is 1.63. The Morgan fingerprint density at radius 3 is 2.64 bits per heavy atom. The third-order valence-electron chi connectivity index (χ3n) is 5.60. The Morgan fingerprint density at radius 1 is 1.14 bits per heavy atom. The standard InChI is InChI=1S/C17H26N4O/c22-17(9-6-13-4-2-1-3-5-13)20-10-15(11-20)21-12-16(18-19-21)14-7-8-14/h12-15H,1-11H2. The maximum absolute atomic E-state index is 12.2. The number of amides is 1. The molecule has 1 saturated heterocycles. The average molecular weight is 302 g/mol. The third kappa shape index (κ3) is 3.03. The molecule has 120 valence electrons. The van der Waals surface area contributed by atoms with Gasteiger partial charge in [0.05, 0.1) is 11.7 Å². The Hall–Kier alpha value is -1.39. The molecule has 1 aromatic rings. The van der Waals surface area contributed by atoms with Crippen LogP contribution < -0.4 is 0 Å². The first kappa shape index (κ1) is 14.2. The summed E-state index contributed by atoms with van der Waals surface area (Å²) in [4.78, 5) is 14.2. The van der Waals surface area contributed by atoms with Gasteiger partial charge in [-0.2, -0.15) is 0 Å². The number of aromatic nitrogens is 3. The Balaban J connectivity index is 1.21. The van der Waals surface area contributed by atoms with Crippen LogP contribution in [0.5, 0.6) is 0 Å². The molecule has 0 bridgehead atoms. The minimum Gasteiger partial charge on any atom is -0.338 e. The first-order valence-corrected chi connectivity index (χ1v) is 8.99. The number of hydrogen-bond donors (Lipinski definition) is 0. The number of carbonyl (C=O) groups excluding carboxylic acids is 1. The second kappa shape index (κ2) is 6.01. The zero-order chi connectivity index (χ0) is 14.9. The van der Waals surface area contributed by atoms with E-state index in [0.717, 1.165) is 37.5 Å². The van der Waals surface area contributed by atoms with Crippen molar-refractivity contribution in [2.24, 2.45) is 5.92 Å². The van der Waals surface area contributed by atoms with Crippen molar-refractivity contribution in [3.05, 3.63) is 11.9 Å². The minimum absolute atomic E-state index is 0.337. The molecule has 3 fully saturated rings. The van der Waals surface area contributed by atoms with E-state index in [4.69, 9.17) is 0 Å². The molecule has 5 nitrogen and oxygen atoms in total. The minimum atomic E-state index is 0.337. The predicted octanol–water partition coefficient (Wildman–Crippen LogP) is 2.90. The van der Waals surface area contributed by atoms with Crippen molar-refractivity contribution in [2.75, 3.05) is 13.1 Å². The molecule has 3 aliphatic rings. The lowest BCUT2D eigenvalue weighted by atomic mass is 9.86. The predicted molar refractivity (Wildman–Crippen MR) is 83.4 cm³/mol. The lowest BCUT2D eigenvalue weighted by molar-refractivity contribution is -0.137. The summed E-state index contributed by atoms with van der Waals surface area (Å²) >= 11 is 0. The first-order chi connectivity index (χ1) is 10.8. The van der Waals surface area contributed by atoms with Crippen molar-refractivity contribution < 1.29 is 4.79 Å². The largest absolute Gasteiger partial charge is 0.338 e. The van der Waals surface area contributed by atoms with Crippen molar-refractivity contribution in [3.63, 3.8) is 0 Å². The lowest BCUT2D eigenvalue weighted by Crippen LogP contribution is -2.50. The van der Waals surface area contributed by atoms with Crippen molar-refractivity contribution in [3.8, 4) is 0 Å². The van der Waals surface area contributed by atoms with Crippen LogP contribution in [0.2, 0.25) is 0 Å². The van der Waals surface area contributed by atoms with Crippen molar-refractivity contribution in [2.45, 2.75) is 69.7 Å². The van der Waals surface area contributed by atoms with Crippen LogP contribution in [0.1, 0.15) is 75.4 Å². The molecule has 0 radical (unpaired) electrons. The number of carbonyl (C=O) groups is 1. The molecule has 0 spiro atoms. The van der Waals surface area contributed by atoms with Crippen LogP contribution in [0.25, 0.3) is 0 Å². The Kier molecular flexibility index (Phi) is 3.89. The molecule has 4 rings (SSSR count). The van der Waals surface area contributed by atoms with E-state index in [1.54, 1.807) is 0 Å². The van der Waals surface area contributed by atoms with Gasteiger partial charge in [0.15, 0.2) is 0 Å². The van der Waals surface area contributed by atoms with E-state index < -0.39 is 0 Å². The van der Waals surface area contributed by atoms with Gasteiger partial charge < -0.3 is 4.90 Å². The molecule has 0 unspecified atom stereocenters. The fourth-order valence-corrected chi connectivity index (χ4v) is 3.82. The van der Waals surface area contributed by atoms with E-state index in [1.807, 2.05) is 9.58 Å². The molecule has 5 heteroatoms. The van der Waals surface area contributed by atoms with E-state index >= 15 is 0 Å². The molecular weight excluding hydrogens is 276 g/mol. The first-order valence-electron chi connectivity index (χ1n) is 8.99. The van der Waals surface area contributed by atoms with Crippen molar-refractivity contribution in [1.82, 2.24) is 19.9 Å². The van der Waals surface area contributed by atoms with Crippen molar-refractivity contribution >= 4 is 5.91 Å². The Labute approximate surface area is 132 Å². The zero-order valence-corrected chi connectivity index (χ0v) is 13.3. The smallest absolute Gasteiger partial charge is 0.222 e. The molecule has 2 aliphatic carbocycles. The van der Waals surface area contributed by atoms with Gasteiger partial charge in [-0.05, 0) is 25.2 Å². The van der Waals surface area contributed by atoms with E-state index in [1.165, 1.54) is 44.9 Å². The maximum atomic E-state index is 12.2. The molecule has 1 amide bonds. The van der Waals surface area contributed by atoms with Gasteiger partial charge in [-0.3, -0.25) is 4.79 Å². The summed E-state index contributed by atoms with van der Waals surface area (Å²) in [6.07, 6.45) is 13.2. The highest BCUT2D eigenvalue weighted by Crippen LogP contribution is 2.39. The van der Waals surface area contributed by atoms with Gasteiger partial charge in [0.25, 0.3) is 0 Å². The maximum Gasteiger partial charge on any atom is 0.222 e. The summed E-state index contributed by atoms with van der Waals surface area (Å²) in [5.74, 6) is 1.79. The summed E-state index contributed by atoms with van der Waals surface area (Å²) in [5.41, 5.74) is 1.14. The molecule has 2 heterocycles. The second-order valence-corrected chi connectivity index (χ2v) is 7.39. The Morgan fingerprint density at radius 2 is 1.91 bits per heavy atom. The van der Waals surface area contributed by atoms with Crippen LogP contribution in [0.4, 0.5) is 0 Å². The number of rotatable bonds is 5. The fourth-order valence-electron chi connectivity index (χ4n) is 3.82. The molecule has 1 aliphatic heterocycles. The molecular formula is C17H26N4O. The van der Waals surface area contributed by atoms with Gasteiger partial charge in [0.1, 0.15) is 0 Å². The van der Waals surface area contributed by atoms with Gasteiger partial charge in [-0.1, -0.05) is 37.3 Å². The molecule has 0 N–H and O–H groups in total. The zero-order valence-electron chi connectivity index (χ0n) is 13.3. The van der Waals surface area contributed by atoms with Crippen LogP contribution in [-0.4, -0.2) is 38.9 Å². The SMILES string of the molecule is O=C(CCC1CCCCC1)N1CC(n2cc(C3CC3)nn2)C1. The normalized spacial score (nSPS) is 23.5. The van der Waals surface area contributed by atoms with Gasteiger partial charge in [-0.15, -0.1) is 5.10 Å². The summed E-state index contributed by atoms with van der Waals surface area (Å²) in [5, 5.41) is 8.50. The third-order valence-corrected chi connectivity index (χ3v) is 5.60. The van der Waals surface area contributed by atoms with E-state index in [2.05, 4.69) is 16.5 Å². The number of nitrogens with zero attached hydrogens (tertiary/aromatic N) is 4. The summed E-state index contributed by atoms with van der Waals surface area (Å²) in [6, 6.07) is 0.346. The monoisotopic (exact) mass is 302 g/mol. The molecule has 1 aromatic heterocycles. The average Bonchev–Trinajstić information content (AvgIpc) is 3.24. The van der Waals surface area contributed by atoms with Crippen LogP contribution in [0, 0.1) is 5.92 Å². The topological polar surface area (TPSA) is 51.0 Å². The Bertz CT molecular complexity index is 525. The fraction of sp³-hybridized carbons (Fsp3) is 0.824. The van der Waals surface area contributed by atoms with Crippen LogP contribution in [0.15, 0.2) is 6.20 Å². The summed E-state index contributed by atoms with van der Waals surface area (Å²) in [7, 11) is 0. The van der Waals surface area contributed by atoms with Gasteiger partial charge in [0.2, 0.25) is 5.91 Å². The highest BCUT2D eigenvalue weighted by molar-refractivity contribution is 5.77. The van der Waals surface area contributed by atoms with Gasteiger partial charge in [-0.25, -0.2) is 4.68 Å². The van der Waals surface area contributed by atoms with Gasteiger partial charge >= 0.3 is 0 Å². The lowest BCUT2D eigenvalue weighted by Gasteiger charge is -2.39. The molecule has 2 saturated carbocycles. The molecule has 0 atom stereocenters. The van der Waals surface area contributed by atoms with Crippen LogP contribution in [-0.2, 0) is 4.79 Å². The van der Waals surface area contributed by atoms with E-state index in [0.29, 0.717) is 17.9 Å². The highest BCUT2D eigenvalue weighted by atomic mass is 16.2. The highest BCUT2D eigenvalue weighted by Gasteiger charge is 2.34. The van der Waals surface area contributed by atoms with E-state index in [9.17, 15) is 4.79 Å². The molecule has 0 aromatic carbocycles. The molecule has 22 heavy (non-hydrogen) atoms.